The minimum absolute atomic E-state index is 0.202. The lowest BCUT2D eigenvalue weighted by atomic mass is 9.99. The number of benzene rings is 1. The number of anilines is 1. The van der Waals surface area contributed by atoms with Crippen molar-refractivity contribution in [2.24, 2.45) is 0 Å². The van der Waals surface area contributed by atoms with E-state index in [1.807, 2.05) is 12.1 Å². The highest BCUT2D eigenvalue weighted by Crippen LogP contribution is 2.23. The Bertz CT molecular complexity index is 640. The Morgan fingerprint density at radius 1 is 1.30 bits per heavy atom. The molecule has 0 fully saturated rings. The van der Waals surface area contributed by atoms with E-state index in [1.54, 1.807) is 0 Å². The number of aromatic nitrogens is 1. The Hall–Kier alpha value is -2.27. The molecular weight excluding hydrogens is 257 g/mol. The van der Waals surface area contributed by atoms with Crippen molar-refractivity contribution in [3.63, 3.8) is 0 Å². The van der Waals surface area contributed by atoms with Crippen LogP contribution in [-0.2, 0) is 13.0 Å². The van der Waals surface area contributed by atoms with Crippen LogP contribution in [0.15, 0.2) is 36.5 Å². The molecule has 5 heteroatoms. The molecule has 3 rings (SSSR count). The van der Waals surface area contributed by atoms with Crippen LogP contribution < -0.4 is 10.6 Å². The maximum atomic E-state index is 12.8. The molecule has 0 saturated carbocycles. The highest BCUT2D eigenvalue weighted by molar-refractivity contribution is 6.03. The van der Waals surface area contributed by atoms with Gasteiger partial charge < -0.3 is 10.6 Å². The summed E-state index contributed by atoms with van der Waals surface area (Å²) in [6, 6.07) is 8.47. The lowest BCUT2D eigenvalue weighted by molar-refractivity contribution is 0.102. The van der Waals surface area contributed by atoms with Crippen molar-refractivity contribution >= 4 is 11.6 Å². The van der Waals surface area contributed by atoms with Gasteiger partial charge in [0.1, 0.15) is 11.5 Å². The quantitative estimate of drug-likeness (QED) is 0.879. The Morgan fingerprint density at radius 3 is 3.00 bits per heavy atom. The smallest absolute Gasteiger partial charge is 0.274 e. The summed E-state index contributed by atoms with van der Waals surface area (Å²) in [5.74, 6) is -0.785. The lowest BCUT2D eigenvalue weighted by Gasteiger charge is -2.20. The van der Waals surface area contributed by atoms with Gasteiger partial charge >= 0.3 is 0 Å². The Morgan fingerprint density at radius 2 is 2.20 bits per heavy atom. The third-order valence-corrected chi connectivity index (χ3v) is 3.35. The summed E-state index contributed by atoms with van der Waals surface area (Å²) >= 11 is 0. The minimum Gasteiger partial charge on any atom is -0.320 e. The van der Waals surface area contributed by atoms with E-state index in [0.717, 1.165) is 37.0 Å². The predicted molar refractivity (Wildman–Crippen MR) is 74.0 cm³/mol. The van der Waals surface area contributed by atoms with Gasteiger partial charge in [-0.25, -0.2) is 9.37 Å². The number of pyridine rings is 1. The topological polar surface area (TPSA) is 54.0 Å². The zero-order valence-electron chi connectivity index (χ0n) is 10.8. The van der Waals surface area contributed by atoms with E-state index in [1.165, 1.54) is 17.7 Å². The van der Waals surface area contributed by atoms with Gasteiger partial charge in [-0.15, -0.1) is 0 Å². The number of carbonyl (C=O) groups is 1. The molecule has 0 unspecified atom stereocenters. The molecule has 0 radical (unpaired) electrons. The van der Waals surface area contributed by atoms with Crippen LogP contribution in [0.5, 0.6) is 0 Å². The van der Waals surface area contributed by atoms with E-state index >= 15 is 0 Å². The summed E-state index contributed by atoms with van der Waals surface area (Å²) in [6.07, 6.45) is 1.99. The van der Waals surface area contributed by atoms with Gasteiger partial charge in [0, 0.05) is 12.2 Å². The molecule has 0 saturated heterocycles. The number of amides is 1. The molecule has 2 N–H and O–H groups in total. The maximum absolute atomic E-state index is 12.8. The molecular formula is C15H14FN3O. The van der Waals surface area contributed by atoms with Gasteiger partial charge in [-0.05, 0) is 42.3 Å². The maximum Gasteiger partial charge on any atom is 0.274 e. The molecule has 0 aliphatic carbocycles. The van der Waals surface area contributed by atoms with Crippen molar-refractivity contribution in [2.45, 2.75) is 13.0 Å². The second kappa shape index (κ2) is 5.38. The molecule has 4 nitrogen and oxygen atoms in total. The molecule has 20 heavy (non-hydrogen) atoms. The van der Waals surface area contributed by atoms with Gasteiger partial charge in [0.05, 0.1) is 6.20 Å². The van der Waals surface area contributed by atoms with Crippen LogP contribution in [0.4, 0.5) is 10.1 Å². The second-order valence-corrected chi connectivity index (χ2v) is 4.69. The summed E-state index contributed by atoms with van der Waals surface area (Å²) in [5.41, 5.74) is 3.33. The van der Waals surface area contributed by atoms with E-state index in [0.29, 0.717) is 0 Å². The van der Waals surface area contributed by atoms with Crippen molar-refractivity contribution < 1.29 is 9.18 Å². The van der Waals surface area contributed by atoms with Crippen molar-refractivity contribution in [3.8, 4) is 0 Å². The van der Waals surface area contributed by atoms with Crippen LogP contribution >= 0.6 is 0 Å². The summed E-state index contributed by atoms with van der Waals surface area (Å²) in [5, 5.41) is 6.13. The van der Waals surface area contributed by atoms with Crippen LogP contribution in [0.1, 0.15) is 21.6 Å². The number of rotatable bonds is 2. The Balaban J connectivity index is 1.84. The van der Waals surface area contributed by atoms with Crippen molar-refractivity contribution in [3.05, 3.63) is 59.2 Å². The van der Waals surface area contributed by atoms with Gasteiger partial charge in [-0.2, -0.15) is 0 Å². The standard InChI is InChI=1S/C15H14FN3O/c16-11-4-5-14(18-8-11)15(20)19-13-3-1-2-10-6-7-17-9-12(10)13/h1-5,8,17H,6-7,9H2,(H,19,20). The molecule has 1 aliphatic heterocycles. The van der Waals surface area contributed by atoms with Gasteiger partial charge in [-0.1, -0.05) is 12.1 Å². The molecule has 1 amide bonds. The Kier molecular flexibility index (Phi) is 3.43. The van der Waals surface area contributed by atoms with Crippen LogP contribution in [0.3, 0.4) is 0 Å². The average Bonchev–Trinajstić information content (AvgIpc) is 2.48. The molecule has 1 aliphatic rings. The Labute approximate surface area is 116 Å². The van der Waals surface area contributed by atoms with E-state index in [2.05, 4.69) is 21.7 Å². The zero-order valence-corrected chi connectivity index (χ0v) is 10.8. The largest absolute Gasteiger partial charge is 0.320 e. The number of hydrogen-bond donors (Lipinski definition) is 2. The molecule has 102 valence electrons. The third kappa shape index (κ3) is 2.53. The van der Waals surface area contributed by atoms with Crippen molar-refractivity contribution in [2.75, 3.05) is 11.9 Å². The number of fused-ring (bicyclic) bond motifs is 1. The molecule has 0 spiro atoms. The normalized spacial score (nSPS) is 13.7. The van der Waals surface area contributed by atoms with Gasteiger partial charge in [0.2, 0.25) is 0 Å². The number of nitrogens with zero attached hydrogens (tertiary/aromatic N) is 1. The van der Waals surface area contributed by atoms with E-state index in [-0.39, 0.29) is 11.6 Å². The molecule has 0 atom stereocenters. The number of hydrogen-bond acceptors (Lipinski definition) is 3. The van der Waals surface area contributed by atoms with E-state index in [4.69, 9.17) is 0 Å². The van der Waals surface area contributed by atoms with Crippen molar-refractivity contribution in [1.29, 1.82) is 0 Å². The van der Waals surface area contributed by atoms with Crippen LogP contribution in [0, 0.1) is 5.82 Å². The molecule has 2 heterocycles. The summed E-state index contributed by atoms with van der Waals surface area (Å²) < 4.78 is 12.8. The lowest BCUT2D eigenvalue weighted by Crippen LogP contribution is -2.25. The second-order valence-electron chi connectivity index (χ2n) is 4.69. The number of halogens is 1. The van der Waals surface area contributed by atoms with Gasteiger partial charge in [0.15, 0.2) is 0 Å². The molecule has 2 aromatic rings. The molecule has 1 aromatic carbocycles. The zero-order chi connectivity index (χ0) is 13.9. The third-order valence-electron chi connectivity index (χ3n) is 3.35. The van der Waals surface area contributed by atoms with E-state index < -0.39 is 5.82 Å². The number of nitrogens with one attached hydrogen (secondary N) is 2. The highest BCUT2D eigenvalue weighted by atomic mass is 19.1. The first kappa shape index (κ1) is 12.7. The van der Waals surface area contributed by atoms with Crippen LogP contribution in [-0.4, -0.2) is 17.4 Å². The van der Waals surface area contributed by atoms with E-state index in [9.17, 15) is 9.18 Å². The first-order valence-corrected chi connectivity index (χ1v) is 6.48. The van der Waals surface area contributed by atoms with Crippen molar-refractivity contribution in [1.82, 2.24) is 10.3 Å². The fourth-order valence-corrected chi connectivity index (χ4v) is 2.33. The van der Waals surface area contributed by atoms with Crippen LogP contribution in [0.2, 0.25) is 0 Å². The van der Waals surface area contributed by atoms with Gasteiger partial charge in [0.25, 0.3) is 5.91 Å². The summed E-state index contributed by atoms with van der Waals surface area (Å²) in [4.78, 5) is 15.9. The monoisotopic (exact) mass is 271 g/mol. The fraction of sp³-hybridized carbons (Fsp3) is 0.200. The number of carbonyl (C=O) groups excluding carboxylic acids is 1. The van der Waals surface area contributed by atoms with Gasteiger partial charge in [-0.3, -0.25) is 4.79 Å². The minimum atomic E-state index is -0.456. The fourth-order valence-electron chi connectivity index (χ4n) is 2.33. The predicted octanol–water partition coefficient (Wildman–Crippen LogP) is 2.12. The summed E-state index contributed by atoms with van der Waals surface area (Å²) in [7, 11) is 0. The highest BCUT2D eigenvalue weighted by Gasteiger charge is 2.15. The first-order valence-electron chi connectivity index (χ1n) is 6.48. The molecule has 0 bridgehead atoms. The van der Waals surface area contributed by atoms with Crippen LogP contribution in [0.25, 0.3) is 0 Å². The average molecular weight is 271 g/mol. The molecule has 1 aromatic heterocycles. The SMILES string of the molecule is O=C(Nc1cccc2c1CNCC2)c1ccc(F)cn1. The first-order chi connectivity index (χ1) is 9.74. The summed E-state index contributed by atoms with van der Waals surface area (Å²) in [6.45, 7) is 1.69.